The molecule has 128 valence electrons. The van der Waals surface area contributed by atoms with E-state index in [0.717, 1.165) is 5.56 Å². The van der Waals surface area contributed by atoms with Crippen LogP contribution in [0.2, 0.25) is 0 Å². The van der Waals surface area contributed by atoms with Crippen LogP contribution in [-0.4, -0.2) is 36.6 Å². The Bertz CT molecular complexity index is 537. The Hall–Kier alpha value is -2.18. The normalized spacial score (nSPS) is 13.4. The zero-order valence-corrected chi connectivity index (χ0v) is 13.1. The van der Waals surface area contributed by atoms with E-state index in [4.69, 9.17) is 9.84 Å². The Labute approximate surface area is 133 Å². The highest BCUT2D eigenvalue weighted by Gasteiger charge is 2.24. The molecule has 1 rings (SSSR count). The number of carbonyl (C=O) groups is 2. The van der Waals surface area contributed by atoms with Gasteiger partial charge in [0, 0.05) is 12.8 Å². The average Bonchev–Trinajstić information content (AvgIpc) is 2.46. The molecule has 0 saturated heterocycles. The summed E-state index contributed by atoms with van der Waals surface area (Å²) < 4.78 is 29.8. The molecule has 2 atom stereocenters. The highest BCUT2D eigenvalue weighted by Crippen LogP contribution is 2.22. The Morgan fingerprint density at radius 3 is 2.52 bits per heavy atom. The first-order chi connectivity index (χ1) is 10.8. The number of carbonyl (C=O) groups excluding carboxylic acids is 1. The molecular weight excluding hydrogens is 308 g/mol. The van der Waals surface area contributed by atoms with Gasteiger partial charge in [-0.1, -0.05) is 25.1 Å². The first-order valence-electron chi connectivity index (χ1n) is 7.25. The van der Waals surface area contributed by atoms with Gasteiger partial charge in [0.25, 0.3) is 0 Å². The fraction of sp³-hybridized carbons (Fsp3) is 0.500. The highest BCUT2D eigenvalue weighted by molar-refractivity contribution is 5.83. The maximum atomic E-state index is 12.3. The third-order valence-electron chi connectivity index (χ3n) is 3.34. The molecular formula is C16H21F2NO4. The molecule has 1 aromatic carbocycles. The molecule has 0 spiro atoms. The predicted octanol–water partition coefficient (Wildman–Crippen LogP) is 2.49. The quantitative estimate of drug-likeness (QED) is 0.730. The summed E-state index contributed by atoms with van der Waals surface area (Å²) in [5.74, 6) is -1.40. The fourth-order valence-electron chi connectivity index (χ4n) is 2.29. The number of carboxylic acid groups (broad SMARTS) is 1. The summed E-state index contributed by atoms with van der Waals surface area (Å²) in [5.41, 5.74) is 0.928. The maximum Gasteiger partial charge on any atom is 0.326 e. The van der Waals surface area contributed by atoms with Crippen molar-refractivity contribution in [2.24, 2.45) is 5.92 Å². The second kappa shape index (κ2) is 9.07. The zero-order valence-electron chi connectivity index (χ0n) is 13.1. The van der Waals surface area contributed by atoms with Crippen LogP contribution < -0.4 is 10.1 Å². The number of alkyl halides is 2. The first-order valence-corrected chi connectivity index (χ1v) is 7.25. The van der Waals surface area contributed by atoms with Crippen LogP contribution >= 0.6 is 0 Å². The van der Waals surface area contributed by atoms with Gasteiger partial charge in [0.15, 0.2) is 0 Å². The van der Waals surface area contributed by atoms with Gasteiger partial charge < -0.3 is 15.2 Å². The number of rotatable bonds is 9. The van der Waals surface area contributed by atoms with Crippen LogP contribution in [0.3, 0.4) is 0 Å². The number of methoxy groups -OCH3 is 1. The lowest BCUT2D eigenvalue weighted by Crippen LogP contribution is -2.42. The van der Waals surface area contributed by atoms with Crippen molar-refractivity contribution in [2.45, 2.75) is 38.7 Å². The van der Waals surface area contributed by atoms with Crippen LogP contribution in [-0.2, 0) is 16.0 Å². The molecule has 0 aliphatic rings. The van der Waals surface area contributed by atoms with Crippen LogP contribution in [0.15, 0.2) is 24.3 Å². The Morgan fingerprint density at radius 2 is 1.96 bits per heavy atom. The van der Waals surface area contributed by atoms with Gasteiger partial charge in [-0.05, 0) is 24.0 Å². The van der Waals surface area contributed by atoms with Gasteiger partial charge in [-0.3, -0.25) is 4.79 Å². The second-order valence-electron chi connectivity index (χ2n) is 5.41. The Morgan fingerprint density at radius 1 is 1.30 bits per heavy atom. The van der Waals surface area contributed by atoms with E-state index in [9.17, 15) is 18.4 Å². The number of para-hydroxylation sites is 1. The number of carboxylic acids is 1. The largest absolute Gasteiger partial charge is 0.496 e. The summed E-state index contributed by atoms with van der Waals surface area (Å²) in [4.78, 5) is 22.7. The molecule has 1 amide bonds. The Kier molecular flexibility index (Phi) is 7.44. The predicted molar refractivity (Wildman–Crippen MR) is 80.7 cm³/mol. The molecule has 0 saturated carbocycles. The maximum absolute atomic E-state index is 12.3. The molecule has 5 nitrogen and oxygen atoms in total. The number of hydrogen-bond donors (Lipinski definition) is 2. The molecule has 1 aromatic rings. The standard InChI is InChI=1S/C16H21F2NO4/c1-10(7-11-5-3-4-6-13(11)23-2)8-15(20)19-12(16(21)22)9-14(17)18/h3-6,10,12,14H,7-9H2,1-2H3,(H,19,20)(H,21,22). The lowest BCUT2D eigenvalue weighted by molar-refractivity contribution is -0.143. The van der Waals surface area contributed by atoms with Gasteiger partial charge in [-0.2, -0.15) is 0 Å². The van der Waals surface area contributed by atoms with E-state index < -0.39 is 30.8 Å². The lowest BCUT2D eigenvalue weighted by atomic mass is 9.97. The van der Waals surface area contributed by atoms with Gasteiger partial charge in [0.1, 0.15) is 11.8 Å². The molecule has 23 heavy (non-hydrogen) atoms. The number of ether oxygens (including phenoxy) is 1. The van der Waals surface area contributed by atoms with E-state index in [-0.39, 0.29) is 12.3 Å². The van der Waals surface area contributed by atoms with E-state index in [0.29, 0.717) is 12.2 Å². The van der Waals surface area contributed by atoms with E-state index in [1.807, 2.05) is 31.2 Å². The third-order valence-corrected chi connectivity index (χ3v) is 3.34. The van der Waals surface area contributed by atoms with Crippen LogP contribution in [0.1, 0.15) is 25.3 Å². The molecule has 2 N–H and O–H groups in total. The number of aliphatic carboxylic acids is 1. The summed E-state index contributed by atoms with van der Waals surface area (Å²) in [7, 11) is 1.55. The molecule has 7 heteroatoms. The summed E-state index contributed by atoms with van der Waals surface area (Å²) in [6.07, 6.45) is -3.08. The molecule has 0 aliphatic carbocycles. The highest BCUT2D eigenvalue weighted by atomic mass is 19.3. The molecule has 0 radical (unpaired) electrons. The second-order valence-corrected chi connectivity index (χ2v) is 5.41. The number of halogens is 2. The van der Waals surface area contributed by atoms with Crippen molar-refractivity contribution >= 4 is 11.9 Å². The van der Waals surface area contributed by atoms with Crippen LogP contribution in [0, 0.1) is 5.92 Å². The molecule has 0 aromatic heterocycles. The van der Waals surface area contributed by atoms with Crippen molar-refractivity contribution in [2.75, 3.05) is 7.11 Å². The lowest BCUT2D eigenvalue weighted by Gasteiger charge is -2.17. The minimum absolute atomic E-state index is 0.0467. The van der Waals surface area contributed by atoms with Crippen molar-refractivity contribution in [3.05, 3.63) is 29.8 Å². The topological polar surface area (TPSA) is 75.6 Å². The summed E-state index contributed by atoms with van der Waals surface area (Å²) in [6, 6.07) is 5.81. The van der Waals surface area contributed by atoms with Gasteiger partial charge in [0.05, 0.1) is 7.11 Å². The zero-order chi connectivity index (χ0) is 17.4. The summed E-state index contributed by atoms with van der Waals surface area (Å²) in [6.45, 7) is 1.83. The number of hydrogen-bond acceptors (Lipinski definition) is 3. The minimum atomic E-state index is -2.79. The molecule has 0 fully saturated rings. The summed E-state index contributed by atoms with van der Waals surface area (Å²) >= 11 is 0. The molecule has 0 aliphatic heterocycles. The first kappa shape index (κ1) is 18.9. The van der Waals surface area contributed by atoms with Crippen molar-refractivity contribution in [1.82, 2.24) is 5.32 Å². The number of nitrogens with one attached hydrogen (secondary N) is 1. The molecule has 0 bridgehead atoms. The summed E-state index contributed by atoms with van der Waals surface area (Å²) in [5, 5.41) is 11.0. The van der Waals surface area contributed by atoms with E-state index >= 15 is 0 Å². The molecule has 2 unspecified atom stereocenters. The van der Waals surface area contributed by atoms with Gasteiger partial charge >= 0.3 is 5.97 Å². The van der Waals surface area contributed by atoms with Gasteiger partial charge in [-0.25, -0.2) is 13.6 Å². The van der Waals surface area contributed by atoms with E-state index in [1.165, 1.54) is 0 Å². The van der Waals surface area contributed by atoms with Crippen LogP contribution in [0.4, 0.5) is 8.78 Å². The fourth-order valence-corrected chi connectivity index (χ4v) is 2.29. The van der Waals surface area contributed by atoms with Crippen molar-refractivity contribution in [3.63, 3.8) is 0 Å². The van der Waals surface area contributed by atoms with Crippen molar-refractivity contribution < 1.29 is 28.2 Å². The van der Waals surface area contributed by atoms with Gasteiger partial charge in [0.2, 0.25) is 12.3 Å². The van der Waals surface area contributed by atoms with Crippen molar-refractivity contribution in [3.8, 4) is 5.75 Å². The van der Waals surface area contributed by atoms with Crippen LogP contribution in [0.5, 0.6) is 5.75 Å². The molecule has 0 heterocycles. The number of benzene rings is 1. The monoisotopic (exact) mass is 329 g/mol. The SMILES string of the molecule is COc1ccccc1CC(C)CC(=O)NC(CC(F)F)C(=O)O. The van der Waals surface area contributed by atoms with Crippen LogP contribution in [0.25, 0.3) is 0 Å². The Balaban J connectivity index is 2.57. The smallest absolute Gasteiger partial charge is 0.326 e. The van der Waals surface area contributed by atoms with Crippen molar-refractivity contribution in [1.29, 1.82) is 0 Å². The number of amides is 1. The minimum Gasteiger partial charge on any atom is -0.496 e. The van der Waals surface area contributed by atoms with Gasteiger partial charge in [-0.15, -0.1) is 0 Å². The van der Waals surface area contributed by atoms with E-state index in [2.05, 4.69) is 5.32 Å². The third kappa shape index (κ3) is 6.63. The average molecular weight is 329 g/mol. The van der Waals surface area contributed by atoms with E-state index in [1.54, 1.807) is 7.11 Å².